The number of nitrogens with zero attached hydrogens (tertiary/aromatic N) is 1. The number of nitrogens with one attached hydrogen (secondary N) is 1. The number of hydrogen-bond donors (Lipinski definition) is 1. The summed E-state index contributed by atoms with van der Waals surface area (Å²) in [6.07, 6.45) is 0. The Morgan fingerprint density at radius 1 is 1.67 bits per heavy atom. The Labute approximate surface area is 63.5 Å². The lowest BCUT2D eigenvalue weighted by Gasteiger charge is -2.09. The van der Waals surface area contributed by atoms with Gasteiger partial charge >= 0.3 is 0 Å². The summed E-state index contributed by atoms with van der Waals surface area (Å²) < 4.78 is 0. The monoisotopic (exact) mass is 194 g/mol. The molecule has 0 rings (SSSR count). The number of hydrogen-bond acceptors (Lipinski definition) is 2. The Morgan fingerprint density at radius 2 is 2.22 bits per heavy atom. The van der Waals surface area contributed by atoms with Gasteiger partial charge in [-0.15, -0.1) is 0 Å². The van der Waals surface area contributed by atoms with E-state index in [1.54, 1.807) is 0 Å². The van der Waals surface area contributed by atoms with Crippen LogP contribution in [0.2, 0.25) is 0 Å². The van der Waals surface area contributed by atoms with Crippen LogP contribution in [0, 0.1) is 0 Å². The fraction of sp³-hybridized carbons (Fsp3) is 0.800. The first kappa shape index (κ1) is 8.91. The molecule has 0 unspecified atom stereocenters. The van der Waals surface area contributed by atoms with Gasteiger partial charge in [-0.25, -0.2) is 0 Å². The summed E-state index contributed by atoms with van der Waals surface area (Å²) >= 11 is 3.03. The highest BCUT2D eigenvalue weighted by Crippen LogP contribution is 1.77. The summed E-state index contributed by atoms with van der Waals surface area (Å²) in [5.41, 5.74) is 0. The fourth-order valence-electron chi connectivity index (χ4n) is 0.294. The van der Waals surface area contributed by atoms with Gasteiger partial charge in [0.25, 0.3) is 0 Å². The summed E-state index contributed by atoms with van der Waals surface area (Å²) in [4.78, 5) is 12.4. The quantitative estimate of drug-likeness (QED) is 0.508. The molecule has 1 amide bonds. The predicted molar refractivity (Wildman–Crippen MR) is 40.5 cm³/mol. The molecule has 9 heavy (non-hydrogen) atoms. The van der Waals surface area contributed by atoms with Crippen LogP contribution >= 0.6 is 15.9 Å². The second kappa shape index (κ2) is 4.76. The minimum atomic E-state index is 0.0173. The lowest BCUT2D eigenvalue weighted by atomic mass is 10.7. The molecule has 0 atom stereocenters. The molecule has 0 aliphatic carbocycles. The summed E-state index contributed by atoms with van der Waals surface area (Å²) in [6, 6.07) is 0. The molecule has 0 radical (unpaired) electrons. The van der Waals surface area contributed by atoms with E-state index in [0.717, 1.165) is 0 Å². The zero-order valence-electron chi connectivity index (χ0n) is 5.65. The van der Waals surface area contributed by atoms with Gasteiger partial charge in [-0.1, -0.05) is 15.9 Å². The maximum absolute atomic E-state index is 10.5. The molecule has 0 spiro atoms. The van der Waals surface area contributed by atoms with Crippen molar-refractivity contribution in [3.8, 4) is 0 Å². The first-order chi connectivity index (χ1) is 4.16. The number of alkyl halides is 1. The molecule has 0 aromatic carbocycles. The van der Waals surface area contributed by atoms with Gasteiger partial charge in [0.15, 0.2) is 0 Å². The largest absolute Gasteiger partial charge is 0.343 e. The van der Waals surface area contributed by atoms with Crippen LogP contribution in [0.4, 0.5) is 0 Å². The third kappa shape index (κ3) is 5.79. The Hall–Kier alpha value is -0.0900. The topological polar surface area (TPSA) is 32.3 Å². The van der Waals surface area contributed by atoms with Crippen LogP contribution in [-0.4, -0.2) is 36.9 Å². The van der Waals surface area contributed by atoms with Gasteiger partial charge in [-0.05, 0) is 14.1 Å². The van der Waals surface area contributed by atoms with Crippen LogP contribution in [-0.2, 0) is 4.79 Å². The molecular formula is C5H11BrN2O. The van der Waals surface area contributed by atoms with Crippen molar-refractivity contribution in [2.24, 2.45) is 0 Å². The van der Waals surface area contributed by atoms with Crippen molar-refractivity contribution in [1.29, 1.82) is 0 Å². The van der Waals surface area contributed by atoms with E-state index in [-0.39, 0.29) is 5.91 Å². The average molecular weight is 195 g/mol. The van der Waals surface area contributed by atoms with E-state index in [1.165, 1.54) is 0 Å². The smallest absolute Gasteiger partial charge is 0.231 e. The summed E-state index contributed by atoms with van der Waals surface area (Å²) in [7, 11) is 3.79. The van der Waals surface area contributed by atoms with Crippen molar-refractivity contribution in [2.75, 3.05) is 26.1 Å². The molecule has 0 bridgehead atoms. The molecule has 0 saturated heterocycles. The first-order valence-corrected chi connectivity index (χ1v) is 3.76. The molecule has 0 aliphatic rings. The van der Waals surface area contributed by atoms with E-state index in [4.69, 9.17) is 0 Å². The summed E-state index contributed by atoms with van der Waals surface area (Å²) in [6.45, 7) is 0.602. The maximum atomic E-state index is 10.5. The maximum Gasteiger partial charge on any atom is 0.231 e. The number of carbonyl (C=O) groups excluding carboxylic acids is 1. The third-order valence-corrected chi connectivity index (χ3v) is 1.22. The first-order valence-electron chi connectivity index (χ1n) is 2.64. The Balaban J connectivity index is 3.17. The average Bonchev–Trinajstić information content (AvgIpc) is 1.83. The lowest BCUT2D eigenvalue weighted by Crippen LogP contribution is -2.33. The van der Waals surface area contributed by atoms with Gasteiger partial charge in [-0.2, -0.15) is 0 Å². The Morgan fingerprint density at radius 3 is 2.56 bits per heavy atom. The fourth-order valence-corrected chi connectivity index (χ4v) is 0.492. The van der Waals surface area contributed by atoms with E-state index in [9.17, 15) is 4.79 Å². The van der Waals surface area contributed by atoms with Crippen molar-refractivity contribution in [1.82, 2.24) is 10.2 Å². The lowest BCUT2D eigenvalue weighted by molar-refractivity contribution is -0.118. The van der Waals surface area contributed by atoms with Crippen molar-refractivity contribution in [2.45, 2.75) is 0 Å². The number of amides is 1. The zero-order chi connectivity index (χ0) is 7.28. The molecule has 0 aromatic rings. The molecular weight excluding hydrogens is 184 g/mol. The predicted octanol–water partition coefficient (Wildman–Crippen LogP) is 0.0166. The molecule has 0 aromatic heterocycles. The van der Waals surface area contributed by atoms with E-state index < -0.39 is 0 Å². The van der Waals surface area contributed by atoms with E-state index >= 15 is 0 Å². The van der Waals surface area contributed by atoms with Gasteiger partial charge in [0, 0.05) is 0 Å². The van der Waals surface area contributed by atoms with Crippen LogP contribution in [0.1, 0.15) is 0 Å². The van der Waals surface area contributed by atoms with Crippen molar-refractivity contribution in [3.05, 3.63) is 0 Å². The Kier molecular flexibility index (Phi) is 4.71. The number of halogens is 1. The second-order valence-electron chi connectivity index (χ2n) is 1.97. The zero-order valence-corrected chi connectivity index (χ0v) is 7.23. The normalized spacial score (nSPS) is 9.78. The highest BCUT2D eigenvalue weighted by Gasteiger charge is 1.95. The highest BCUT2D eigenvalue weighted by molar-refractivity contribution is 9.09. The molecule has 1 N–H and O–H groups in total. The van der Waals surface area contributed by atoms with Gasteiger partial charge in [0.05, 0.1) is 12.0 Å². The second-order valence-corrected chi connectivity index (χ2v) is 2.53. The molecule has 4 heteroatoms. The van der Waals surface area contributed by atoms with Crippen LogP contribution in [0.3, 0.4) is 0 Å². The van der Waals surface area contributed by atoms with Gasteiger partial charge < -0.3 is 5.32 Å². The van der Waals surface area contributed by atoms with Gasteiger partial charge in [-0.3, -0.25) is 9.69 Å². The molecule has 0 aliphatic heterocycles. The van der Waals surface area contributed by atoms with Crippen molar-refractivity contribution < 1.29 is 4.79 Å². The molecule has 0 saturated carbocycles. The number of carbonyl (C=O) groups is 1. The van der Waals surface area contributed by atoms with Crippen molar-refractivity contribution >= 4 is 21.8 Å². The standard InChI is InChI=1S/C5H11BrN2O/c1-8(2)4-7-5(9)3-6/h3-4H2,1-2H3,(H,7,9). The summed E-state index contributed by atoms with van der Waals surface area (Å²) in [5.74, 6) is 0.0173. The van der Waals surface area contributed by atoms with Crippen molar-refractivity contribution in [3.63, 3.8) is 0 Å². The van der Waals surface area contributed by atoms with Crippen LogP contribution in [0.5, 0.6) is 0 Å². The van der Waals surface area contributed by atoms with Gasteiger partial charge in [0.1, 0.15) is 0 Å². The highest BCUT2D eigenvalue weighted by atomic mass is 79.9. The Bertz CT molecular complexity index is 95.0. The molecule has 0 fully saturated rings. The van der Waals surface area contributed by atoms with Crippen LogP contribution in [0.25, 0.3) is 0 Å². The minimum absolute atomic E-state index is 0.0173. The van der Waals surface area contributed by atoms with Gasteiger partial charge in [0.2, 0.25) is 5.91 Å². The molecule has 0 heterocycles. The minimum Gasteiger partial charge on any atom is -0.343 e. The van der Waals surface area contributed by atoms with E-state index in [2.05, 4.69) is 21.2 Å². The van der Waals surface area contributed by atoms with Crippen LogP contribution in [0.15, 0.2) is 0 Å². The van der Waals surface area contributed by atoms with E-state index in [0.29, 0.717) is 12.0 Å². The van der Waals surface area contributed by atoms with E-state index in [1.807, 2.05) is 19.0 Å². The third-order valence-electron chi connectivity index (χ3n) is 0.714. The van der Waals surface area contributed by atoms with Crippen LogP contribution < -0.4 is 5.32 Å². The SMILES string of the molecule is CN(C)CNC(=O)CBr. The molecule has 54 valence electrons. The number of rotatable bonds is 3. The summed E-state index contributed by atoms with van der Waals surface area (Å²) in [5, 5.41) is 3.05. The molecule has 3 nitrogen and oxygen atoms in total.